The summed E-state index contributed by atoms with van der Waals surface area (Å²) in [5, 5.41) is 0. The zero-order valence-electron chi connectivity index (χ0n) is 16.6. The van der Waals surface area contributed by atoms with Crippen molar-refractivity contribution in [2.24, 2.45) is 0 Å². The van der Waals surface area contributed by atoms with E-state index in [1.807, 2.05) is 49.4 Å². The van der Waals surface area contributed by atoms with Crippen LogP contribution in [0.15, 0.2) is 54.4 Å². The van der Waals surface area contributed by atoms with Gasteiger partial charge in [0.2, 0.25) is 0 Å². The van der Waals surface area contributed by atoms with Gasteiger partial charge >= 0.3 is 0 Å². The van der Waals surface area contributed by atoms with E-state index < -0.39 is 0 Å². The van der Waals surface area contributed by atoms with Crippen LogP contribution in [0.1, 0.15) is 37.4 Å². The number of ether oxygens (including phenoxy) is 1. The van der Waals surface area contributed by atoms with Crippen LogP contribution in [0.3, 0.4) is 0 Å². The van der Waals surface area contributed by atoms with Gasteiger partial charge in [0, 0.05) is 19.3 Å². The van der Waals surface area contributed by atoms with Gasteiger partial charge in [-0.15, -0.1) is 0 Å². The predicted molar refractivity (Wildman–Crippen MR) is 110 cm³/mol. The molecule has 2 aromatic rings. The summed E-state index contributed by atoms with van der Waals surface area (Å²) < 4.78 is 5.52. The van der Waals surface area contributed by atoms with E-state index in [-0.39, 0.29) is 18.4 Å². The molecule has 2 amide bonds. The van der Waals surface area contributed by atoms with Gasteiger partial charge in [0.05, 0.1) is 24.4 Å². The summed E-state index contributed by atoms with van der Waals surface area (Å²) >= 11 is 0. The molecule has 2 aliphatic rings. The Bertz CT molecular complexity index is 916. The quantitative estimate of drug-likeness (QED) is 0.708. The normalized spacial score (nSPS) is 17.3. The van der Waals surface area contributed by atoms with Crippen molar-refractivity contribution in [3.05, 3.63) is 65.6 Å². The molecule has 29 heavy (non-hydrogen) atoms. The number of hydrogen-bond acceptors (Lipinski definition) is 5. The Morgan fingerprint density at radius 2 is 1.72 bits per heavy atom. The topological polar surface area (TPSA) is 62.7 Å². The lowest BCUT2D eigenvalue weighted by Gasteiger charge is -2.29. The van der Waals surface area contributed by atoms with Crippen LogP contribution < -0.4 is 4.74 Å². The molecule has 150 valence electrons. The molecule has 3 heterocycles. The fourth-order valence-corrected chi connectivity index (χ4v) is 3.92. The Balaban J connectivity index is 1.70. The molecule has 0 N–H and O–H groups in total. The van der Waals surface area contributed by atoms with Crippen molar-refractivity contribution in [3.8, 4) is 5.75 Å². The Morgan fingerprint density at radius 1 is 0.966 bits per heavy atom. The highest BCUT2D eigenvalue weighted by Gasteiger charge is 2.41. The van der Waals surface area contributed by atoms with Crippen LogP contribution in [0.25, 0.3) is 5.57 Å². The summed E-state index contributed by atoms with van der Waals surface area (Å²) in [5.41, 5.74) is 2.45. The summed E-state index contributed by atoms with van der Waals surface area (Å²) in [6.07, 6.45) is 4.89. The number of carbonyl (C=O) groups is 2. The molecule has 0 spiro atoms. The number of pyridine rings is 1. The first-order chi connectivity index (χ1) is 14.2. The first-order valence-corrected chi connectivity index (χ1v) is 10.2. The van der Waals surface area contributed by atoms with Crippen molar-refractivity contribution in [3.63, 3.8) is 0 Å². The third-order valence-corrected chi connectivity index (χ3v) is 5.32. The molecule has 6 nitrogen and oxygen atoms in total. The fourth-order valence-electron chi connectivity index (χ4n) is 3.92. The lowest BCUT2D eigenvalue weighted by Crippen LogP contribution is -2.37. The molecule has 2 aliphatic heterocycles. The van der Waals surface area contributed by atoms with Gasteiger partial charge in [-0.05, 0) is 56.0 Å². The number of nitrogens with zero attached hydrogens (tertiary/aromatic N) is 3. The SMILES string of the molecule is CCOc1ccc(C2=C(N3CCCCC3)C(=O)N(Cc3ccccn3)C2=O)cc1. The molecule has 0 unspecified atom stereocenters. The van der Waals surface area contributed by atoms with Crippen LogP contribution in [0, 0.1) is 0 Å². The summed E-state index contributed by atoms with van der Waals surface area (Å²) in [7, 11) is 0. The highest BCUT2D eigenvalue weighted by Crippen LogP contribution is 2.34. The van der Waals surface area contributed by atoms with Gasteiger partial charge < -0.3 is 9.64 Å². The van der Waals surface area contributed by atoms with E-state index in [9.17, 15) is 9.59 Å². The van der Waals surface area contributed by atoms with E-state index >= 15 is 0 Å². The third kappa shape index (κ3) is 3.88. The van der Waals surface area contributed by atoms with Crippen molar-refractivity contribution < 1.29 is 14.3 Å². The van der Waals surface area contributed by atoms with Crippen LogP contribution in [-0.4, -0.2) is 46.3 Å². The average Bonchev–Trinajstić information content (AvgIpc) is 3.01. The van der Waals surface area contributed by atoms with Gasteiger partial charge in [-0.2, -0.15) is 0 Å². The number of aromatic nitrogens is 1. The van der Waals surface area contributed by atoms with Crippen molar-refractivity contribution in [2.45, 2.75) is 32.7 Å². The number of benzene rings is 1. The first-order valence-electron chi connectivity index (χ1n) is 10.2. The Hall–Kier alpha value is -3.15. The average molecular weight is 391 g/mol. The molecule has 0 aliphatic carbocycles. The molecule has 1 saturated heterocycles. The monoisotopic (exact) mass is 391 g/mol. The maximum absolute atomic E-state index is 13.3. The second-order valence-electron chi connectivity index (χ2n) is 7.25. The van der Waals surface area contributed by atoms with Crippen molar-refractivity contribution in [1.82, 2.24) is 14.8 Å². The minimum absolute atomic E-state index is 0.177. The molecule has 0 atom stereocenters. The van der Waals surface area contributed by atoms with Gasteiger partial charge in [-0.3, -0.25) is 19.5 Å². The zero-order valence-corrected chi connectivity index (χ0v) is 16.6. The minimum Gasteiger partial charge on any atom is -0.494 e. The standard InChI is InChI=1S/C23H25N3O3/c1-2-29-19-11-9-17(10-12-19)20-21(25-14-6-3-7-15-25)23(28)26(22(20)27)16-18-8-4-5-13-24-18/h4-5,8-13H,2-3,6-7,14-16H2,1H3. The highest BCUT2D eigenvalue weighted by atomic mass is 16.5. The van der Waals surface area contributed by atoms with Gasteiger partial charge in [0.15, 0.2) is 0 Å². The van der Waals surface area contributed by atoms with E-state index in [0.717, 1.165) is 43.7 Å². The van der Waals surface area contributed by atoms with Crippen molar-refractivity contribution in [2.75, 3.05) is 19.7 Å². The molecule has 0 bridgehead atoms. The molecular weight excluding hydrogens is 366 g/mol. The van der Waals surface area contributed by atoms with E-state index in [2.05, 4.69) is 9.88 Å². The number of hydrogen-bond donors (Lipinski definition) is 0. The number of amides is 2. The molecule has 6 heteroatoms. The Labute approximate surface area is 170 Å². The van der Waals surface area contributed by atoms with Crippen molar-refractivity contribution >= 4 is 17.4 Å². The second kappa shape index (κ2) is 8.47. The number of piperidine rings is 1. The van der Waals surface area contributed by atoms with E-state index in [4.69, 9.17) is 4.74 Å². The third-order valence-electron chi connectivity index (χ3n) is 5.32. The molecule has 4 rings (SSSR count). The summed E-state index contributed by atoms with van der Waals surface area (Å²) in [4.78, 5) is 34.4. The molecule has 1 aromatic heterocycles. The molecule has 1 aromatic carbocycles. The number of imide groups is 1. The minimum atomic E-state index is -0.259. The van der Waals surface area contributed by atoms with Gasteiger partial charge in [0.25, 0.3) is 11.8 Å². The van der Waals surface area contributed by atoms with Crippen LogP contribution in [0.2, 0.25) is 0 Å². The van der Waals surface area contributed by atoms with E-state index in [1.54, 1.807) is 6.20 Å². The Kier molecular flexibility index (Phi) is 5.60. The summed E-state index contributed by atoms with van der Waals surface area (Å²) in [6, 6.07) is 12.9. The zero-order chi connectivity index (χ0) is 20.2. The van der Waals surface area contributed by atoms with E-state index in [1.165, 1.54) is 4.90 Å². The number of likely N-dealkylation sites (tertiary alicyclic amines) is 1. The predicted octanol–water partition coefficient (Wildman–Crippen LogP) is 3.25. The maximum Gasteiger partial charge on any atom is 0.278 e. The van der Waals surface area contributed by atoms with Crippen LogP contribution in [0.5, 0.6) is 5.75 Å². The van der Waals surface area contributed by atoms with Gasteiger partial charge in [-0.25, -0.2) is 0 Å². The lowest BCUT2D eigenvalue weighted by molar-refractivity contribution is -0.138. The summed E-state index contributed by atoms with van der Waals surface area (Å²) in [5.74, 6) is 0.260. The van der Waals surface area contributed by atoms with E-state index in [0.29, 0.717) is 23.6 Å². The summed E-state index contributed by atoms with van der Waals surface area (Å²) in [6.45, 7) is 4.28. The van der Waals surface area contributed by atoms with Crippen LogP contribution >= 0.6 is 0 Å². The fraction of sp³-hybridized carbons (Fsp3) is 0.348. The number of rotatable bonds is 6. The molecule has 1 fully saturated rings. The van der Waals surface area contributed by atoms with Gasteiger partial charge in [0.1, 0.15) is 11.4 Å². The lowest BCUT2D eigenvalue weighted by atomic mass is 10.0. The second-order valence-corrected chi connectivity index (χ2v) is 7.25. The number of carbonyl (C=O) groups excluding carboxylic acids is 2. The maximum atomic E-state index is 13.3. The first kappa shape index (κ1) is 19.2. The molecule has 0 radical (unpaired) electrons. The van der Waals surface area contributed by atoms with Gasteiger partial charge in [-0.1, -0.05) is 18.2 Å². The van der Waals surface area contributed by atoms with Crippen LogP contribution in [-0.2, 0) is 16.1 Å². The highest BCUT2D eigenvalue weighted by molar-refractivity contribution is 6.35. The molecule has 0 saturated carbocycles. The Morgan fingerprint density at radius 3 is 2.38 bits per heavy atom. The largest absolute Gasteiger partial charge is 0.494 e. The smallest absolute Gasteiger partial charge is 0.278 e. The van der Waals surface area contributed by atoms with Crippen molar-refractivity contribution in [1.29, 1.82) is 0 Å². The molecular formula is C23H25N3O3. The van der Waals surface area contributed by atoms with Crippen LogP contribution in [0.4, 0.5) is 0 Å².